The van der Waals surface area contributed by atoms with Gasteiger partial charge in [0.25, 0.3) is 0 Å². The molecular formula is C15H16FNO2. The fraction of sp³-hybridized carbons (Fsp3) is 0.333. The number of halogens is 1. The molecule has 4 heteroatoms. The molecule has 0 bridgehead atoms. The summed E-state index contributed by atoms with van der Waals surface area (Å²) in [6, 6.07) is 8.65. The van der Waals surface area contributed by atoms with Crippen LogP contribution in [0.25, 0.3) is 0 Å². The summed E-state index contributed by atoms with van der Waals surface area (Å²) in [4.78, 5) is 0. The lowest BCUT2D eigenvalue weighted by Crippen LogP contribution is -2.26. The molecule has 1 aromatic heterocycles. The van der Waals surface area contributed by atoms with Crippen LogP contribution in [0, 0.1) is 12.7 Å². The second-order valence-electron chi connectivity index (χ2n) is 4.77. The molecule has 1 atom stereocenters. The number of benzene rings is 1. The highest BCUT2D eigenvalue weighted by molar-refractivity contribution is 5.38. The highest BCUT2D eigenvalue weighted by Crippen LogP contribution is 2.32. The van der Waals surface area contributed by atoms with Gasteiger partial charge in [-0.2, -0.15) is 0 Å². The third-order valence-electron chi connectivity index (χ3n) is 3.33. The Hall–Kier alpha value is -1.81. The van der Waals surface area contributed by atoms with Crippen LogP contribution < -0.4 is 10.1 Å². The first-order valence-electron chi connectivity index (χ1n) is 6.43. The number of aryl methyl sites for hydroxylation is 1. The van der Waals surface area contributed by atoms with E-state index in [2.05, 4.69) is 5.32 Å². The van der Waals surface area contributed by atoms with Gasteiger partial charge in [0, 0.05) is 18.0 Å². The lowest BCUT2D eigenvalue weighted by molar-refractivity contribution is 0.249. The van der Waals surface area contributed by atoms with Gasteiger partial charge in [0.05, 0.1) is 13.2 Å². The summed E-state index contributed by atoms with van der Waals surface area (Å²) >= 11 is 0. The molecule has 1 aliphatic rings. The van der Waals surface area contributed by atoms with Crippen molar-refractivity contribution in [1.82, 2.24) is 5.32 Å². The molecule has 100 valence electrons. The maximum absolute atomic E-state index is 13.3. The van der Waals surface area contributed by atoms with E-state index in [4.69, 9.17) is 9.15 Å². The minimum atomic E-state index is -0.232. The quantitative estimate of drug-likeness (QED) is 0.920. The van der Waals surface area contributed by atoms with Crippen LogP contribution in [0.1, 0.15) is 29.5 Å². The molecule has 0 fully saturated rings. The normalized spacial score (nSPS) is 17.9. The highest BCUT2D eigenvalue weighted by Gasteiger charge is 2.21. The number of nitrogens with one attached hydrogen (secondary N) is 1. The van der Waals surface area contributed by atoms with Crippen molar-refractivity contribution in [2.45, 2.75) is 25.9 Å². The van der Waals surface area contributed by atoms with Gasteiger partial charge >= 0.3 is 0 Å². The van der Waals surface area contributed by atoms with Crippen LogP contribution in [-0.2, 0) is 6.54 Å². The zero-order chi connectivity index (χ0) is 13.2. The summed E-state index contributed by atoms with van der Waals surface area (Å²) < 4.78 is 24.4. The molecular weight excluding hydrogens is 245 g/mol. The Labute approximate surface area is 111 Å². The summed E-state index contributed by atoms with van der Waals surface area (Å²) in [5.74, 6) is 2.32. The van der Waals surface area contributed by atoms with Crippen molar-refractivity contribution in [1.29, 1.82) is 0 Å². The summed E-state index contributed by atoms with van der Waals surface area (Å²) in [6.45, 7) is 3.20. The smallest absolute Gasteiger partial charge is 0.124 e. The molecule has 3 rings (SSSR count). The van der Waals surface area contributed by atoms with Crippen LogP contribution >= 0.6 is 0 Å². The van der Waals surface area contributed by atoms with Crippen LogP contribution in [0.4, 0.5) is 4.39 Å². The van der Waals surface area contributed by atoms with E-state index in [1.54, 1.807) is 12.1 Å². The Morgan fingerprint density at radius 2 is 2.21 bits per heavy atom. The summed E-state index contributed by atoms with van der Waals surface area (Å²) in [5, 5.41) is 3.39. The van der Waals surface area contributed by atoms with E-state index in [9.17, 15) is 4.39 Å². The minimum absolute atomic E-state index is 0.102. The molecule has 0 radical (unpaired) electrons. The van der Waals surface area contributed by atoms with E-state index in [1.165, 1.54) is 6.07 Å². The zero-order valence-electron chi connectivity index (χ0n) is 10.8. The molecule has 1 unspecified atom stereocenters. The van der Waals surface area contributed by atoms with Crippen molar-refractivity contribution in [3.63, 3.8) is 0 Å². The van der Waals surface area contributed by atoms with Crippen LogP contribution in [0.3, 0.4) is 0 Å². The molecule has 2 aromatic rings. The van der Waals surface area contributed by atoms with E-state index >= 15 is 0 Å². The van der Waals surface area contributed by atoms with E-state index < -0.39 is 0 Å². The molecule has 0 spiro atoms. The first-order valence-corrected chi connectivity index (χ1v) is 6.43. The molecule has 1 N–H and O–H groups in total. The first kappa shape index (κ1) is 12.2. The van der Waals surface area contributed by atoms with Crippen LogP contribution in [0.15, 0.2) is 34.7 Å². The average molecular weight is 261 g/mol. The summed E-state index contributed by atoms with van der Waals surface area (Å²) in [6.07, 6.45) is 0.830. The first-order chi connectivity index (χ1) is 9.22. The van der Waals surface area contributed by atoms with E-state index in [1.807, 2.05) is 19.1 Å². The standard InChI is InChI=1S/C15H16FNO2/c1-10-2-4-12(19-10)9-17-14-6-7-18-15-5-3-11(16)8-13(14)15/h2-5,8,14,17H,6-7,9H2,1H3. The van der Waals surface area contributed by atoms with Gasteiger partial charge in [-0.15, -0.1) is 0 Å². The van der Waals surface area contributed by atoms with Crippen LogP contribution in [-0.4, -0.2) is 6.61 Å². The van der Waals surface area contributed by atoms with Gasteiger partial charge in [0.15, 0.2) is 0 Å². The number of rotatable bonds is 3. The lowest BCUT2D eigenvalue weighted by atomic mass is 10.0. The number of furan rings is 1. The largest absolute Gasteiger partial charge is 0.493 e. The topological polar surface area (TPSA) is 34.4 Å². The van der Waals surface area contributed by atoms with E-state index in [-0.39, 0.29) is 11.9 Å². The Kier molecular flexibility index (Phi) is 3.25. The van der Waals surface area contributed by atoms with Gasteiger partial charge in [-0.25, -0.2) is 4.39 Å². The van der Waals surface area contributed by atoms with Crippen molar-refractivity contribution in [3.05, 3.63) is 53.2 Å². The van der Waals surface area contributed by atoms with Crippen LogP contribution in [0.5, 0.6) is 5.75 Å². The van der Waals surface area contributed by atoms with Crippen LogP contribution in [0.2, 0.25) is 0 Å². The van der Waals surface area contributed by atoms with Gasteiger partial charge in [-0.1, -0.05) is 0 Å². The van der Waals surface area contributed by atoms with Gasteiger partial charge < -0.3 is 14.5 Å². The Balaban J connectivity index is 1.74. The molecule has 0 amide bonds. The molecule has 0 saturated carbocycles. The zero-order valence-corrected chi connectivity index (χ0v) is 10.8. The second-order valence-corrected chi connectivity index (χ2v) is 4.77. The molecule has 2 heterocycles. The fourth-order valence-electron chi connectivity index (χ4n) is 2.38. The number of fused-ring (bicyclic) bond motifs is 1. The fourth-order valence-corrected chi connectivity index (χ4v) is 2.38. The van der Waals surface area contributed by atoms with Crippen molar-refractivity contribution in [2.75, 3.05) is 6.61 Å². The summed E-state index contributed by atoms with van der Waals surface area (Å²) in [5.41, 5.74) is 0.884. The predicted molar refractivity (Wildman–Crippen MR) is 69.5 cm³/mol. The maximum atomic E-state index is 13.3. The van der Waals surface area contributed by atoms with Crippen molar-refractivity contribution in [2.24, 2.45) is 0 Å². The van der Waals surface area contributed by atoms with Gasteiger partial charge in [-0.3, -0.25) is 0 Å². The highest BCUT2D eigenvalue weighted by atomic mass is 19.1. The molecule has 3 nitrogen and oxygen atoms in total. The minimum Gasteiger partial charge on any atom is -0.493 e. The molecule has 19 heavy (non-hydrogen) atoms. The second kappa shape index (κ2) is 5.05. The predicted octanol–water partition coefficient (Wildman–Crippen LogP) is 3.34. The molecule has 0 aliphatic carbocycles. The van der Waals surface area contributed by atoms with Crippen molar-refractivity contribution < 1.29 is 13.5 Å². The van der Waals surface area contributed by atoms with Gasteiger partial charge in [0.2, 0.25) is 0 Å². The maximum Gasteiger partial charge on any atom is 0.124 e. The Bertz CT molecular complexity index is 579. The third-order valence-corrected chi connectivity index (χ3v) is 3.33. The SMILES string of the molecule is Cc1ccc(CNC2CCOc3ccc(F)cc32)o1. The van der Waals surface area contributed by atoms with Gasteiger partial charge in [-0.05, 0) is 37.3 Å². The molecule has 1 aromatic carbocycles. The van der Waals surface area contributed by atoms with E-state index in [0.29, 0.717) is 13.2 Å². The lowest BCUT2D eigenvalue weighted by Gasteiger charge is -2.26. The number of hydrogen-bond acceptors (Lipinski definition) is 3. The summed E-state index contributed by atoms with van der Waals surface area (Å²) in [7, 11) is 0. The van der Waals surface area contributed by atoms with E-state index in [0.717, 1.165) is 29.3 Å². The Morgan fingerprint density at radius 3 is 3.00 bits per heavy atom. The van der Waals surface area contributed by atoms with Crippen molar-refractivity contribution in [3.8, 4) is 5.75 Å². The van der Waals surface area contributed by atoms with Crippen molar-refractivity contribution >= 4 is 0 Å². The Morgan fingerprint density at radius 1 is 1.32 bits per heavy atom. The number of ether oxygens (including phenoxy) is 1. The number of hydrogen-bond donors (Lipinski definition) is 1. The molecule has 0 saturated heterocycles. The molecule has 1 aliphatic heterocycles. The monoisotopic (exact) mass is 261 g/mol. The van der Waals surface area contributed by atoms with Gasteiger partial charge in [0.1, 0.15) is 23.1 Å². The average Bonchev–Trinajstić information content (AvgIpc) is 2.82. The third kappa shape index (κ3) is 2.63.